The number of rotatable bonds is 3. The van der Waals surface area contributed by atoms with Crippen LogP contribution in [0.25, 0.3) is 44.6 Å². The zero-order chi connectivity index (χ0) is 19.3. The van der Waals surface area contributed by atoms with Gasteiger partial charge in [-0.2, -0.15) is 0 Å². The molecule has 0 aliphatic carbocycles. The van der Waals surface area contributed by atoms with E-state index in [1.807, 2.05) is 30.3 Å². The van der Waals surface area contributed by atoms with Crippen LogP contribution in [0.4, 0.5) is 5.69 Å². The molecule has 0 atom stereocenters. The van der Waals surface area contributed by atoms with Gasteiger partial charge in [0.15, 0.2) is 0 Å². The smallest absolute Gasteiger partial charge is 0.284 e. The molecular weight excluding hydrogens is 378 g/mol. The highest BCUT2D eigenvalue weighted by Crippen LogP contribution is 2.35. The van der Waals surface area contributed by atoms with E-state index in [9.17, 15) is 10.1 Å². The molecule has 0 amide bonds. The van der Waals surface area contributed by atoms with Crippen molar-refractivity contribution in [3.05, 3.63) is 69.5 Å². The molecule has 2 N–H and O–H groups in total. The third kappa shape index (κ3) is 2.57. The maximum absolute atomic E-state index is 11.2. The van der Waals surface area contributed by atoms with Gasteiger partial charge in [-0.25, -0.2) is 10.1 Å². The first-order chi connectivity index (χ1) is 13.6. The number of H-pyrrole nitrogens is 2. The van der Waals surface area contributed by atoms with Crippen LogP contribution in [-0.4, -0.2) is 25.1 Å². The summed E-state index contributed by atoms with van der Waals surface area (Å²) in [5.41, 5.74) is 3.36. The van der Waals surface area contributed by atoms with Crippen molar-refractivity contribution < 1.29 is 9.34 Å². The Hall–Kier alpha value is -3.85. The molecule has 0 saturated carbocycles. The quantitative estimate of drug-likeness (QED) is 0.255. The molecule has 8 nitrogen and oxygen atoms in total. The highest BCUT2D eigenvalue weighted by atomic mass is 32.1. The Morgan fingerprint density at radius 3 is 2.71 bits per heavy atom. The molecule has 3 heterocycles. The van der Waals surface area contributed by atoms with Crippen molar-refractivity contribution >= 4 is 39.7 Å². The molecular formula is C19H11N5O3S. The van der Waals surface area contributed by atoms with E-state index in [0.717, 1.165) is 21.8 Å². The molecule has 0 saturated heterocycles. The van der Waals surface area contributed by atoms with Gasteiger partial charge < -0.3 is 9.40 Å². The zero-order valence-electron chi connectivity index (χ0n) is 14.2. The third-order valence-electron chi connectivity index (χ3n) is 4.48. The number of aromatic nitrogens is 4. The Balaban J connectivity index is 1.87. The average molecular weight is 389 g/mol. The summed E-state index contributed by atoms with van der Waals surface area (Å²) >= 11 is 4.97. The molecule has 5 rings (SSSR count). The van der Waals surface area contributed by atoms with Crippen molar-refractivity contribution in [3.8, 4) is 22.8 Å². The van der Waals surface area contributed by atoms with Crippen molar-refractivity contribution in [2.24, 2.45) is 0 Å². The summed E-state index contributed by atoms with van der Waals surface area (Å²) in [7, 11) is 0. The Kier molecular flexibility index (Phi) is 3.56. The van der Waals surface area contributed by atoms with Gasteiger partial charge in [-0.05, 0) is 24.4 Å². The molecule has 3 aromatic heterocycles. The molecule has 0 aliphatic heterocycles. The molecule has 0 unspecified atom stereocenters. The van der Waals surface area contributed by atoms with Crippen LogP contribution in [0.15, 0.2) is 59.0 Å². The second kappa shape index (κ2) is 6.10. The van der Waals surface area contributed by atoms with E-state index >= 15 is 0 Å². The second-order valence-corrected chi connectivity index (χ2v) is 6.55. The minimum atomic E-state index is -0.428. The van der Waals surface area contributed by atoms with Crippen LogP contribution < -0.4 is 0 Å². The van der Waals surface area contributed by atoms with Gasteiger partial charge in [0, 0.05) is 34.0 Å². The summed E-state index contributed by atoms with van der Waals surface area (Å²) in [5, 5.41) is 19.8. The lowest BCUT2D eigenvalue weighted by Gasteiger charge is -2.05. The lowest BCUT2D eigenvalue weighted by atomic mass is 10.1. The number of hydrogen-bond acceptors (Lipinski definition) is 6. The SMILES string of the molecule is O=[N+]([O-])c1cccc(-c2nc(-c3n[nH]c(=S)o3)cc3c2[nH]c2ccccc23)c1. The molecule has 5 aromatic rings. The molecule has 0 bridgehead atoms. The summed E-state index contributed by atoms with van der Waals surface area (Å²) in [6, 6.07) is 16.1. The van der Waals surface area contributed by atoms with Gasteiger partial charge in [0.2, 0.25) is 0 Å². The number of aromatic amines is 2. The highest BCUT2D eigenvalue weighted by molar-refractivity contribution is 7.71. The molecule has 0 aliphatic rings. The van der Waals surface area contributed by atoms with E-state index in [0.29, 0.717) is 17.0 Å². The summed E-state index contributed by atoms with van der Waals surface area (Å²) in [5.74, 6) is 0.254. The van der Waals surface area contributed by atoms with Crippen LogP contribution in [0.5, 0.6) is 0 Å². The van der Waals surface area contributed by atoms with Crippen molar-refractivity contribution in [2.75, 3.05) is 0 Å². The number of fused-ring (bicyclic) bond motifs is 3. The van der Waals surface area contributed by atoms with Crippen LogP contribution >= 0.6 is 12.2 Å². The first kappa shape index (κ1) is 16.3. The van der Waals surface area contributed by atoms with Crippen molar-refractivity contribution in [1.29, 1.82) is 0 Å². The topological polar surface area (TPSA) is 114 Å². The Labute approximate surface area is 162 Å². The molecule has 0 radical (unpaired) electrons. The number of para-hydroxylation sites is 1. The van der Waals surface area contributed by atoms with Crippen molar-refractivity contribution in [1.82, 2.24) is 20.2 Å². The predicted octanol–water partition coefficient (Wildman–Crippen LogP) is 5.00. The standard InChI is InChI=1S/C19H11N5O3S/c25-24(26)11-5-3-4-10(8-11)16-17-13(12-6-1-2-7-14(12)20-17)9-15(21-16)18-22-23-19(28)27-18/h1-9,20H,(H,23,28). The Morgan fingerprint density at radius 1 is 1.07 bits per heavy atom. The van der Waals surface area contributed by atoms with Gasteiger partial charge in [-0.15, -0.1) is 5.10 Å². The lowest BCUT2D eigenvalue weighted by Crippen LogP contribution is -1.93. The summed E-state index contributed by atoms with van der Waals surface area (Å²) in [6.45, 7) is 0. The zero-order valence-corrected chi connectivity index (χ0v) is 15.0. The average Bonchev–Trinajstić information content (AvgIpc) is 3.31. The van der Waals surface area contributed by atoms with E-state index in [4.69, 9.17) is 16.6 Å². The number of benzene rings is 2. The number of nitro benzene ring substituents is 1. The number of nitrogens with one attached hydrogen (secondary N) is 2. The summed E-state index contributed by atoms with van der Waals surface area (Å²) in [4.78, 5) is 19.0. The van der Waals surface area contributed by atoms with E-state index in [-0.39, 0.29) is 16.4 Å². The molecule has 0 spiro atoms. The minimum absolute atomic E-state index is 0.00809. The summed E-state index contributed by atoms with van der Waals surface area (Å²) < 4.78 is 5.43. The molecule has 2 aromatic carbocycles. The molecule has 0 fully saturated rings. The van der Waals surface area contributed by atoms with Crippen LogP contribution in [0.2, 0.25) is 0 Å². The Bertz CT molecular complexity index is 1430. The fourth-order valence-corrected chi connectivity index (χ4v) is 3.39. The minimum Gasteiger partial charge on any atom is -0.408 e. The molecule has 136 valence electrons. The van der Waals surface area contributed by atoms with E-state index < -0.39 is 4.92 Å². The number of nitrogens with zero attached hydrogens (tertiary/aromatic N) is 3. The van der Waals surface area contributed by atoms with Gasteiger partial charge in [0.1, 0.15) is 5.69 Å². The van der Waals surface area contributed by atoms with Crippen LogP contribution in [-0.2, 0) is 0 Å². The first-order valence-electron chi connectivity index (χ1n) is 8.32. The molecule has 9 heteroatoms. The number of nitro groups is 1. The fourth-order valence-electron chi connectivity index (χ4n) is 3.27. The number of hydrogen-bond donors (Lipinski definition) is 2. The van der Waals surface area contributed by atoms with Gasteiger partial charge >= 0.3 is 0 Å². The van der Waals surface area contributed by atoms with Crippen LogP contribution in [0.3, 0.4) is 0 Å². The fraction of sp³-hybridized carbons (Fsp3) is 0. The van der Waals surface area contributed by atoms with Crippen LogP contribution in [0.1, 0.15) is 0 Å². The summed E-state index contributed by atoms with van der Waals surface area (Å²) in [6.07, 6.45) is 0. The first-order valence-corrected chi connectivity index (χ1v) is 8.73. The molecule has 28 heavy (non-hydrogen) atoms. The van der Waals surface area contributed by atoms with E-state index in [1.165, 1.54) is 12.1 Å². The number of pyridine rings is 1. The lowest BCUT2D eigenvalue weighted by molar-refractivity contribution is -0.384. The highest BCUT2D eigenvalue weighted by Gasteiger charge is 2.18. The van der Waals surface area contributed by atoms with E-state index in [1.54, 1.807) is 12.1 Å². The monoisotopic (exact) mass is 389 g/mol. The van der Waals surface area contributed by atoms with Gasteiger partial charge in [-0.1, -0.05) is 30.3 Å². The van der Waals surface area contributed by atoms with Crippen LogP contribution in [0, 0.1) is 15.0 Å². The van der Waals surface area contributed by atoms with Gasteiger partial charge in [-0.3, -0.25) is 10.1 Å². The predicted molar refractivity (Wildman–Crippen MR) is 106 cm³/mol. The van der Waals surface area contributed by atoms with Gasteiger partial charge in [0.05, 0.1) is 16.1 Å². The normalized spacial score (nSPS) is 11.3. The Morgan fingerprint density at radius 2 is 1.93 bits per heavy atom. The van der Waals surface area contributed by atoms with Crippen molar-refractivity contribution in [2.45, 2.75) is 0 Å². The maximum atomic E-state index is 11.2. The van der Waals surface area contributed by atoms with Crippen molar-refractivity contribution in [3.63, 3.8) is 0 Å². The van der Waals surface area contributed by atoms with E-state index in [2.05, 4.69) is 20.2 Å². The largest absolute Gasteiger partial charge is 0.408 e. The number of non-ortho nitro benzene ring substituents is 1. The maximum Gasteiger partial charge on any atom is 0.284 e. The second-order valence-electron chi connectivity index (χ2n) is 6.17. The third-order valence-corrected chi connectivity index (χ3v) is 4.66. The van der Waals surface area contributed by atoms with Gasteiger partial charge in [0.25, 0.3) is 16.4 Å².